The van der Waals surface area contributed by atoms with E-state index in [0.717, 1.165) is 5.39 Å². The molecular weight excluding hydrogens is 242 g/mol. The van der Waals surface area contributed by atoms with Gasteiger partial charge in [0, 0.05) is 18.4 Å². The van der Waals surface area contributed by atoms with E-state index in [1.165, 1.54) is 4.68 Å². The van der Waals surface area contributed by atoms with Crippen LogP contribution in [0.15, 0.2) is 29.1 Å². The summed E-state index contributed by atoms with van der Waals surface area (Å²) in [7, 11) is 1.61. The number of aryl methyl sites for hydroxylation is 1. The van der Waals surface area contributed by atoms with E-state index < -0.39 is 0 Å². The second-order valence-corrected chi connectivity index (χ2v) is 4.79. The quantitative estimate of drug-likeness (QED) is 0.901. The topological polar surface area (TPSA) is 64.0 Å². The van der Waals surface area contributed by atoms with Crippen LogP contribution in [0.3, 0.4) is 0 Å². The van der Waals surface area contributed by atoms with E-state index in [-0.39, 0.29) is 17.4 Å². The minimum atomic E-state index is -0.130. The summed E-state index contributed by atoms with van der Waals surface area (Å²) >= 11 is 0. The molecule has 0 radical (unpaired) electrons. The van der Waals surface area contributed by atoms with E-state index in [4.69, 9.17) is 0 Å². The third-order valence-corrected chi connectivity index (χ3v) is 2.99. The first-order chi connectivity index (χ1) is 9.00. The highest BCUT2D eigenvalue weighted by Gasteiger charge is 2.11. The summed E-state index contributed by atoms with van der Waals surface area (Å²) in [6, 6.07) is 7.30. The molecule has 0 unspecified atom stereocenters. The van der Waals surface area contributed by atoms with Crippen LogP contribution >= 0.6 is 0 Å². The van der Waals surface area contributed by atoms with Crippen molar-refractivity contribution in [2.45, 2.75) is 20.4 Å². The molecule has 5 heteroatoms. The largest absolute Gasteiger partial charge is 0.350 e. The second kappa shape index (κ2) is 5.22. The van der Waals surface area contributed by atoms with Crippen molar-refractivity contribution in [3.63, 3.8) is 0 Å². The van der Waals surface area contributed by atoms with Gasteiger partial charge in [-0.1, -0.05) is 32.0 Å². The zero-order chi connectivity index (χ0) is 14.0. The molecule has 1 aromatic heterocycles. The summed E-state index contributed by atoms with van der Waals surface area (Å²) in [5.41, 5.74) is 0.571. The molecule has 0 aliphatic carbocycles. The molecule has 0 saturated carbocycles. The smallest absolute Gasteiger partial charge is 0.274 e. The molecule has 0 aliphatic rings. The molecule has 0 spiro atoms. The summed E-state index contributed by atoms with van der Waals surface area (Å²) in [5, 5.41) is 8.45. The minimum absolute atomic E-state index is 0.0280. The lowest BCUT2D eigenvalue weighted by molar-refractivity contribution is -0.124. The van der Waals surface area contributed by atoms with Crippen LogP contribution in [0.25, 0.3) is 10.8 Å². The highest BCUT2D eigenvalue weighted by molar-refractivity contribution is 5.84. The number of carbonyl (C=O) groups is 1. The van der Waals surface area contributed by atoms with Crippen LogP contribution < -0.4 is 10.9 Å². The van der Waals surface area contributed by atoms with E-state index in [0.29, 0.717) is 17.6 Å². The van der Waals surface area contributed by atoms with E-state index in [1.54, 1.807) is 13.1 Å². The molecule has 100 valence electrons. The van der Waals surface area contributed by atoms with Gasteiger partial charge in [-0.05, 0) is 6.07 Å². The number of amides is 1. The van der Waals surface area contributed by atoms with Gasteiger partial charge in [0.05, 0.1) is 17.6 Å². The van der Waals surface area contributed by atoms with Gasteiger partial charge in [0.2, 0.25) is 5.91 Å². The number of hydrogen-bond acceptors (Lipinski definition) is 3. The normalized spacial score (nSPS) is 10.9. The molecule has 2 rings (SSSR count). The van der Waals surface area contributed by atoms with Crippen LogP contribution in [0.4, 0.5) is 0 Å². The van der Waals surface area contributed by atoms with Crippen molar-refractivity contribution in [1.29, 1.82) is 0 Å². The van der Waals surface area contributed by atoms with E-state index in [1.807, 2.05) is 32.0 Å². The molecule has 0 bridgehead atoms. The van der Waals surface area contributed by atoms with Crippen LogP contribution in [-0.4, -0.2) is 15.7 Å². The predicted molar refractivity (Wildman–Crippen MR) is 73.7 cm³/mol. The maximum absolute atomic E-state index is 11.9. The first-order valence-corrected chi connectivity index (χ1v) is 6.23. The first-order valence-electron chi connectivity index (χ1n) is 6.23. The summed E-state index contributed by atoms with van der Waals surface area (Å²) in [4.78, 5) is 23.5. The number of benzene rings is 1. The molecule has 2 aromatic rings. The average Bonchev–Trinajstić information content (AvgIpc) is 2.40. The van der Waals surface area contributed by atoms with Gasteiger partial charge in [-0.25, -0.2) is 4.68 Å². The zero-order valence-corrected chi connectivity index (χ0v) is 11.3. The Hall–Kier alpha value is -2.17. The molecule has 0 saturated heterocycles. The number of nitrogens with one attached hydrogen (secondary N) is 1. The zero-order valence-electron chi connectivity index (χ0n) is 11.3. The SMILES string of the molecule is CC(C)C(=O)NCc1nn(C)c(=O)c2ccccc12. The molecule has 1 heterocycles. The summed E-state index contributed by atoms with van der Waals surface area (Å²) in [5.74, 6) is -0.0986. The van der Waals surface area contributed by atoms with Gasteiger partial charge in [-0.3, -0.25) is 9.59 Å². The molecule has 0 aliphatic heterocycles. The Morgan fingerprint density at radius 3 is 2.58 bits per heavy atom. The number of fused-ring (bicyclic) bond motifs is 1. The lowest BCUT2D eigenvalue weighted by Gasteiger charge is -2.10. The van der Waals surface area contributed by atoms with Gasteiger partial charge in [0.15, 0.2) is 0 Å². The second-order valence-electron chi connectivity index (χ2n) is 4.79. The van der Waals surface area contributed by atoms with E-state index >= 15 is 0 Å². The molecule has 0 fully saturated rings. The van der Waals surface area contributed by atoms with Crippen molar-refractivity contribution in [2.75, 3.05) is 0 Å². The van der Waals surface area contributed by atoms with Crippen LogP contribution in [-0.2, 0) is 18.4 Å². The third kappa shape index (κ3) is 2.65. The molecule has 5 nitrogen and oxygen atoms in total. The first kappa shape index (κ1) is 13.3. The standard InChI is InChI=1S/C14H17N3O2/c1-9(2)13(18)15-8-12-10-6-4-5-7-11(10)14(19)17(3)16-12/h4-7,9H,8H2,1-3H3,(H,15,18). The lowest BCUT2D eigenvalue weighted by atomic mass is 10.1. The Morgan fingerprint density at radius 2 is 1.95 bits per heavy atom. The summed E-state index contributed by atoms with van der Waals surface area (Å²) in [6.45, 7) is 3.99. The predicted octanol–water partition coefficient (Wildman–Crippen LogP) is 1.21. The van der Waals surface area contributed by atoms with E-state index in [9.17, 15) is 9.59 Å². The van der Waals surface area contributed by atoms with Gasteiger partial charge in [0.1, 0.15) is 0 Å². The Balaban J connectivity index is 2.41. The number of aromatic nitrogens is 2. The number of nitrogens with zero attached hydrogens (tertiary/aromatic N) is 2. The fourth-order valence-corrected chi connectivity index (χ4v) is 1.88. The van der Waals surface area contributed by atoms with Gasteiger partial charge >= 0.3 is 0 Å². The highest BCUT2D eigenvalue weighted by atomic mass is 16.2. The van der Waals surface area contributed by atoms with Crippen LogP contribution in [0.1, 0.15) is 19.5 Å². The van der Waals surface area contributed by atoms with Gasteiger partial charge in [-0.2, -0.15) is 5.10 Å². The van der Waals surface area contributed by atoms with Crippen molar-refractivity contribution in [3.05, 3.63) is 40.3 Å². The molecular formula is C14H17N3O2. The van der Waals surface area contributed by atoms with Crippen molar-refractivity contribution in [3.8, 4) is 0 Å². The van der Waals surface area contributed by atoms with Crippen LogP contribution in [0.5, 0.6) is 0 Å². The molecule has 1 aromatic carbocycles. The Kier molecular flexibility index (Phi) is 3.64. The monoisotopic (exact) mass is 259 g/mol. The van der Waals surface area contributed by atoms with Crippen LogP contribution in [0.2, 0.25) is 0 Å². The number of carbonyl (C=O) groups excluding carboxylic acids is 1. The summed E-state index contributed by atoms with van der Waals surface area (Å²) in [6.07, 6.45) is 0. The molecule has 1 amide bonds. The number of rotatable bonds is 3. The van der Waals surface area contributed by atoms with E-state index in [2.05, 4.69) is 10.4 Å². The molecule has 19 heavy (non-hydrogen) atoms. The number of hydrogen-bond donors (Lipinski definition) is 1. The van der Waals surface area contributed by atoms with Gasteiger partial charge < -0.3 is 5.32 Å². The molecule has 0 atom stereocenters. The maximum atomic E-state index is 11.9. The van der Waals surface area contributed by atoms with Crippen LogP contribution in [0, 0.1) is 5.92 Å². The lowest BCUT2D eigenvalue weighted by Crippen LogP contribution is -2.29. The fourth-order valence-electron chi connectivity index (χ4n) is 1.88. The Bertz CT molecular complexity index is 674. The highest BCUT2D eigenvalue weighted by Crippen LogP contribution is 2.12. The third-order valence-electron chi connectivity index (χ3n) is 2.99. The average molecular weight is 259 g/mol. The van der Waals surface area contributed by atoms with Crippen molar-refractivity contribution >= 4 is 16.7 Å². The van der Waals surface area contributed by atoms with Crippen molar-refractivity contribution in [1.82, 2.24) is 15.1 Å². The fraction of sp³-hybridized carbons (Fsp3) is 0.357. The van der Waals surface area contributed by atoms with Gasteiger partial charge in [0.25, 0.3) is 5.56 Å². The van der Waals surface area contributed by atoms with Crippen molar-refractivity contribution < 1.29 is 4.79 Å². The maximum Gasteiger partial charge on any atom is 0.274 e. The summed E-state index contributed by atoms with van der Waals surface area (Å²) < 4.78 is 1.30. The van der Waals surface area contributed by atoms with Crippen molar-refractivity contribution in [2.24, 2.45) is 13.0 Å². The Morgan fingerprint density at radius 1 is 1.32 bits per heavy atom. The minimum Gasteiger partial charge on any atom is -0.350 e. The molecule has 1 N–H and O–H groups in total. The Labute approximate surface area is 111 Å². The van der Waals surface area contributed by atoms with Gasteiger partial charge in [-0.15, -0.1) is 0 Å².